The van der Waals surface area contributed by atoms with Crippen molar-refractivity contribution < 1.29 is 4.74 Å². The van der Waals surface area contributed by atoms with Gasteiger partial charge in [-0.25, -0.2) is 4.98 Å². The molecule has 2 aromatic rings. The highest BCUT2D eigenvalue weighted by Gasteiger charge is 1.99. The number of anilines is 1. The summed E-state index contributed by atoms with van der Waals surface area (Å²) in [6.45, 7) is 5.70. The molecule has 0 fully saturated rings. The van der Waals surface area contributed by atoms with Crippen molar-refractivity contribution >= 4 is 5.82 Å². The normalized spacial score (nSPS) is 10.2. The van der Waals surface area contributed by atoms with Gasteiger partial charge in [-0.2, -0.15) is 0 Å². The zero-order valence-electron chi connectivity index (χ0n) is 11.5. The first-order chi connectivity index (χ1) is 9.28. The van der Waals surface area contributed by atoms with E-state index >= 15 is 0 Å². The van der Waals surface area contributed by atoms with Crippen molar-refractivity contribution in [3.63, 3.8) is 0 Å². The fourth-order valence-corrected chi connectivity index (χ4v) is 1.79. The van der Waals surface area contributed by atoms with Crippen LogP contribution in [0.1, 0.15) is 24.5 Å². The highest BCUT2D eigenvalue weighted by molar-refractivity contribution is 5.37. The van der Waals surface area contributed by atoms with Gasteiger partial charge < -0.3 is 10.1 Å². The van der Waals surface area contributed by atoms with Crippen LogP contribution in [0.15, 0.2) is 42.6 Å². The van der Waals surface area contributed by atoms with Gasteiger partial charge in [-0.1, -0.05) is 19.1 Å². The summed E-state index contributed by atoms with van der Waals surface area (Å²) in [5, 5.41) is 3.28. The van der Waals surface area contributed by atoms with Crippen LogP contribution in [0.2, 0.25) is 0 Å². The maximum absolute atomic E-state index is 5.78. The molecular weight excluding hydrogens is 236 g/mol. The SMILES string of the molecule is CCCNc1cc(COc2cccc(C)c2)ccn1. The molecule has 2 rings (SSSR count). The van der Waals surface area contributed by atoms with Crippen LogP contribution in [0.3, 0.4) is 0 Å². The van der Waals surface area contributed by atoms with Gasteiger partial charge in [-0.15, -0.1) is 0 Å². The Labute approximate surface area is 114 Å². The molecule has 0 spiro atoms. The Morgan fingerprint density at radius 3 is 2.89 bits per heavy atom. The summed E-state index contributed by atoms with van der Waals surface area (Å²) in [6.07, 6.45) is 2.90. The summed E-state index contributed by atoms with van der Waals surface area (Å²) >= 11 is 0. The van der Waals surface area contributed by atoms with Crippen molar-refractivity contribution in [2.75, 3.05) is 11.9 Å². The number of hydrogen-bond acceptors (Lipinski definition) is 3. The molecule has 0 aliphatic rings. The second-order valence-electron chi connectivity index (χ2n) is 4.58. The average Bonchev–Trinajstić information content (AvgIpc) is 2.43. The van der Waals surface area contributed by atoms with Crippen LogP contribution in [0.4, 0.5) is 5.82 Å². The Balaban J connectivity index is 1.95. The monoisotopic (exact) mass is 256 g/mol. The van der Waals surface area contributed by atoms with E-state index in [9.17, 15) is 0 Å². The fraction of sp³-hybridized carbons (Fsp3) is 0.312. The van der Waals surface area contributed by atoms with E-state index in [4.69, 9.17) is 4.74 Å². The first-order valence-electron chi connectivity index (χ1n) is 6.66. The molecule has 3 heteroatoms. The number of hydrogen-bond donors (Lipinski definition) is 1. The lowest BCUT2D eigenvalue weighted by molar-refractivity contribution is 0.306. The van der Waals surface area contributed by atoms with Gasteiger partial charge in [0.2, 0.25) is 0 Å². The van der Waals surface area contributed by atoms with Gasteiger partial charge in [-0.3, -0.25) is 0 Å². The average molecular weight is 256 g/mol. The van der Waals surface area contributed by atoms with Crippen LogP contribution >= 0.6 is 0 Å². The lowest BCUT2D eigenvalue weighted by atomic mass is 10.2. The summed E-state index contributed by atoms with van der Waals surface area (Å²) in [5.41, 5.74) is 2.33. The molecule has 0 unspecified atom stereocenters. The van der Waals surface area contributed by atoms with E-state index in [1.807, 2.05) is 36.5 Å². The number of benzene rings is 1. The summed E-state index contributed by atoms with van der Waals surface area (Å²) in [7, 11) is 0. The molecule has 0 bridgehead atoms. The number of rotatable bonds is 6. The van der Waals surface area contributed by atoms with E-state index in [-0.39, 0.29) is 0 Å². The van der Waals surface area contributed by atoms with E-state index in [0.717, 1.165) is 30.1 Å². The van der Waals surface area contributed by atoms with Crippen LogP contribution < -0.4 is 10.1 Å². The van der Waals surface area contributed by atoms with Crippen molar-refractivity contribution in [1.82, 2.24) is 4.98 Å². The Morgan fingerprint density at radius 1 is 1.21 bits per heavy atom. The molecule has 1 heterocycles. The summed E-state index contributed by atoms with van der Waals surface area (Å²) in [5.74, 6) is 1.81. The zero-order valence-corrected chi connectivity index (χ0v) is 11.5. The van der Waals surface area contributed by atoms with Crippen molar-refractivity contribution in [3.8, 4) is 5.75 Å². The number of pyridine rings is 1. The highest BCUT2D eigenvalue weighted by Crippen LogP contribution is 2.15. The lowest BCUT2D eigenvalue weighted by Crippen LogP contribution is -2.03. The largest absolute Gasteiger partial charge is 0.489 e. The number of aromatic nitrogens is 1. The van der Waals surface area contributed by atoms with Crippen LogP contribution in [0.5, 0.6) is 5.75 Å². The van der Waals surface area contributed by atoms with Crippen LogP contribution in [-0.4, -0.2) is 11.5 Å². The fourth-order valence-electron chi connectivity index (χ4n) is 1.79. The second kappa shape index (κ2) is 6.78. The first-order valence-corrected chi connectivity index (χ1v) is 6.66. The minimum absolute atomic E-state index is 0.562. The molecule has 0 aliphatic carbocycles. The second-order valence-corrected chi connectivity index (χ2v) is 4.58. The summed E-state index contributed by atoms with van der Waals surface area (Å²) < 4.78 is 5.78. The highest BCUT2D eigenvalue weighted by atomic mass is 16.5. The van der Waals surface area contributed by atoms with Crippen LogP contribution in [0, 0.1) is 6.92 Å². The number of ether oxygens (including phenoxy) is 1. The third kappa shape index (κ3) is 4.28. The maximum Gasteiger partial charge on any atom is 0.126 e. The van der Waals surface area contributed by atoms with E-state index in [0.29, 0.717) is 6.61 Å². The number of aryl methyl sites for hydroxylation is 1. The molecule has 1 aromatic heterocycles. The van der Waals surface area contributed by atoms with Crippen molar-refractivity contribution in [1.29, 1.82) is 0 Å². The number of nitrogens with one attached hydrogen (secondary N) is 1. The number of nitrogens with zero attached hydrogens (tertiary/aromatic N) is 1. The van der Waals surface area contributed by atoms with Gasteiger partial charge in [0, 0.05) is 12.7 Å². The van der Waals surface area contributed by atoms with Gasteiger partial charge in [0.15, 0.2) is 0 Å². The molecule has 0 aliphatic heterocycles. The molecular formula is C16H20N2O. The summed E-state index contributed by atoms with van der Waals surface area (Å²) in [4.78, 5) is 4.28. The van der Waals surface area contributed by atoms with Gasteiger partial charge in [0.05, 0.1) is 0 Å². The first kappa shape index (κ1) is 13.4. The van der Waals surface area contributed by atoms with E-state index in [1.165, 1.54) is 5.56 Å². The molecule has 3 nitrogen and oxygen atoms in total. The minimum atomic E-state index is 0.562. The van der Waals surface area contributed by atoms with Gasteiger partial charge >= 0.3 is 0 Å². The Kier molecular flexibility index (Phi) is 4.78. The van der Waals surface area contributed by atoms with Crippen molar-refractivity contribution in [3.05, 3.63) is 53.7 Å². The topological polar surface area (TPSA) is 34.1 Å². The molecule has 19 heavy (non-hydrogen) atoms. The molecule has 100 valence electrons. The Morgan fingerprint density at radius 2 is 2.11 bits per heavy atom. The molecule has 0 saturated carbocycles. The van der Waals surface area contributed by atoms with E-state index in [1.54, 1.807) is 0 Å². The third-order valence-corrected chi connectivity index (χ3v) is 2.78. The van der Waals surface area contributed by atoms with Gasteiger partial charge in [-0.05, 0) is 48.7 Å². The molecule has 1 N–H and O–H groups in total. The predicted molar refractivity (Wildman–Crippen MR) is 78.5 cm³/mol. The molecule has 1 aromatic carbocycles. The van der Waals surface area contributed by atoms with Crippen LogP contribution in [0.25, 0.3) is 0 Å². The van der Waals surface area contributed by atoms with Gasteiger partial charge in [0.25, 0.3) is 0 Å². The summed E-state index contributed by atoms with van der Waals surface area (Å²) in [6, 6.07) is 12.1. The molecule has 0 atom stereocenters. The Bertz CT molecular complexity index is 526. The molecule has 0 amide bonds. The maximum atomic E-state index is 5.78. The quantitative estimate of drug-likeness (QED) is 0.853. The molecule has 0 saturated heterocycles. The standard InChI is InChI=1S/C16H20N2O/c1-3-8-17-16-11-14(7-9-18-16)12-19-15-6-4-5-13(2)10-15/h4-7,9-11H,3,8,12H2,1-2H3,(H,17,18). The molecule has 0 radical (unpaired) electrons. The minimum Gasteiger partial charge on any atom is -0.489 e. The Hall–Kier alpha value is -2.03. The smallest absolute Gasteiger partial charge is 0.126 e. The van der Waals surface area contributed by atoms with Crippen molar-refractivity contribution in [2.24, 2.45) is 0 Å². The van der Waals surface area contributed by atoms with Gasteiger partial charge in [0.1, 0.15) is 18.2 Å². The van der Waals surface area contributed by atoms with E-state index < -0.39 is 0 Å². The third-order valence-electron chi connectivity index (χ3n) is 2.78. The van der Waals surface area contributed by atoms with E-state index in [2.05, 4.69) is 30.2 Å². The predicted octanol–water partition coefficient (Wildman–Crippen LogP) is 3.79. The van der Waals surface area contributed by atoms with Crippen molar-refractivity contribution in [2.45, 2.75) is 26.9 Å². The lowest BCUT2D eigenvalue weighted by Gasteiger charge is -2.09. The van der Waals surface area contributed by atoms with Crippen LogP contribution in [-0.2, 0) is 6.61 Å². The zero-order chi connectivity index (χ0) is 13.5.